The summed E-state index contributed by atoms with van der Waals surface area (Å²) in [5, 5.41) is 8.77. The summed E-state index contributed by atoms with van der Waals surface area (Å²) in [6.45, 7) is 3.79. The third kappa shape index (κ3) is 2.19. The smallest absolute Gasteiger partial charge is 0.307 e. The van der Waals surface area contributed by atoms with E-state index in [4.69, 9.17) is 9.84 Å². The first-order chi connectivity index (χ1) is 7.63. The number of carboxylic acids is 1. The van der Waals surface area contributed by atoms with E-state index in [0.29, 0.717) is 26.1 Å². The Morgan fingerprint density at radius 3 is 2.75 bits per heavy atom. The average Bonchev–Trinajstić information content (AvgIpc) is 3.08. The Balaban J connectivity index is 1.88. The molecule has 0 aromatic heterocycles. The lowest BCUT2D eigenvalue weighted by Gasteiger charge is -2.32. The van der Waals surface area contributed by atoms with Gasteiger partial charge < -0.3 is 14.7 Å². The molecule has 0 bridgehead atoms. The fourth-order valence-corrected chi connectivity index (χ4v) is 2.14. The predicted octanol–water partition coefficient (Wildman–Crippen LogP) is 0.344. The molecule has 0 radical (unpaired) electrons. The van der Waals surface area contributed by atoms with Crippen LogP contribution in [0.1, 0.15) is 19.8 Å². The Labute approximate surface area is 94.4 Å². The molecule has 2 rings (SSSR count). The number of amides is 1. The van der Waals surface area contributed by atoms with Crippen molar-refractivity contribution in [2.24, 2.45) is 11.8 Å². The molecule has 2 fully saturated rings. The van der Waals surface area contributed by atoms with Gasteiger partial charge in [-0.15, -0.1) is 0 Å². The van der Waals surface area contributed by atoms with Crippen molar-refractivity contribution >= 4 is 11.9 Å². The van der Waals surface area contributed by atoms with Gasteiger partial charge in [0.15, 0.2) is 0 Å². The molecule has 1 saturated carbocycles. The minimum atomic E-state index is -0.848. The maximum atomic E-state index is 11.9. The van der Waals surface area contributed by atoms with Crippen molar-refractivity contribution in [3.63, 3.8) is 0 Å². The van der Waals surface area contributed by atoms with Crippen LogP contribution in [-0.2, 0) is 14.3 Å². The highest BCUT2D eigenvalue weighted by Crippen LogP contribution is 2.40. The molecule has 1 heterocycles. The molecule has 16 heavy (non-hydrogen) atoms. The molecule has 0 aromatic carbocycles. The minimum Gasteiger partial charge on any atom is -0.481 e. The number of nitrogens with zero attached hydrogens (tertiary/aromatic N) is 1. The van der Waals surface area contributed by atoms with Gasteiger partial charge in [0, 0.05) is 13.1 Å². The maximum Gasteiger partial charge on any atom is 0.307 e. The fourth-order valence-electron chi connectivity index (χ4n) is 2.14. The molecule has 1 aliphatic heterocycles. The third-order valence-corrected chi connectivity index (χ3v) is 3.33. The molecule has 0 aromatic rings. The molecule has 3 atom stereocenters. The normalized spacial score (nSPS) is 33.6. The van der Waals surface area contributed by atoms with Gasteiger partial charge in [-0.1, -0.05) is 6.92 Å². The van der Waals surface area contributed by atoms with E-state index in [9.17, 15) is 9.59 Å². The number of rotatable bonds is 3. The average molecular weight is 227 g/mol. The van der Waals surface area contributed by atoms with Gasteiger partial charge in [0.1, 0.15) is 0 Å². The van der Waals surface area contributed by atoms with Crippen molar-refractivity contribution in [3.8, 4) is 0 Å². The molecular formula is C11H17NO4. The largest absolute Gasteiger partial charge is 0.481 e. The van der Waals surface area contributed by atoms with Crippen LogP contribution in [0.15, 0.2) is 0 Å². The van der Waals surface area contributed by atoms with Gasteiger partial charge in [-0.3, -0.25) is 9.59 Å². The van der Waals surface area contributed by atoms with Crippen LogP contribution in [0.25, 0.3) is 0 Å². The zero-order valence-corrected chi connectivity index (χ0v) is 9.39. The minimum absolute atomic E-state index is 0.00542. The van der Waals surface area contributed by atoms with Gasteiger partial charge in [0.2, 0.25) is 5.91 Å². The highest BCUT2D eigenvalue weighted by atomic mass is 16.5. The van der Waals surface area contributed by atoms with Crippen LogP contribution in [0.3, 0.4) is 0 Å². The van der Waals surface area contributed by atoms with Crippen molar-refractivity contribution in [2.75, 3.05) is 19.7 Å². The molecule has 1 saturated heterocycles. The lowest BCUT2D eigenvalue weighted by atomic mass is 10.2. The summed E-state index contributed by atoms with van der Waals surface area (Å²) in [5.74, 6) is -1.59. The maximum absolute atomic E-state index is 11.9. The number of morpholine rings is 1. The van der Waals surface area contributed by atoms with Gasteiger partial charge in [-0.05, 0) is 12.8 Å². The third-order valence-electron chi connectivity index (χ3n) is 3.33. The summed E-state index contributed by atoms with van der Waals surface area (Å²) >= 11 is 0. The highest BCUT2D eigenvalue weighted by Gasteiger charge is 2.50. The topological polar surface area (TPSA) is 66.8 Å². The van der Waals surface area contributed by atoms with E-state index in [2.05, 4.69) is 0 Å². The molecule has 1 amide bonds. The zero-order valence-electron chi connectivity index (χ0n) is 9.39. The van der Waals surface area contributed by atoms with Crippen LogP contribution < -0.4 is 0 Å². The fraction of sp³-hybridized carbons (Fsp3) is 0.818. The molecule has 0 spiro atoms. The van der Waals surface area contributed by atoms with E-state index in [1.807, 2.05) is 6.92 Å². The van der Waals surface area contributed by atoms with Crippen LogP contribution >= 0.6 is 0 Å². The molecule has 90 valence electrons. The number of carbonyl (C=O) groups is 2. The van der Waals surface area contributed by atoms with Gasteiger partial charge in [-0.2, -0.15) is 0 Å². The van der Waals surface area contributed by atoms with Crippen LogP contribution in [-0.4, -0.2) is 47.7 Å². The molecule has 2 aliphatic rings. The van der Waals surface area contributed by atoms with E-state index >= 15 is 0 Å². The van der Waals surface area contributed by atoms with Crippen LogP contribution in [0.2, 0.25) is 0 Å². The Morgan fingerprint density at radius 1 is 1.44 bits per heavy atom. The predicted molar refractivity (Wildman–Crippen MR) is 55.8 cm³/mol. The van der Waals surface area contributed by atoms with E-state index in [-0.39, 0.29) is 17.9 Å². The summed E-state index contributed by atoms with van der Waals surface area (Å²) in [6, 6.07) is 0. The van der Waals surface area contributed by atoms with Crippen molar-refractivity contribution in [1.29, 1.82) is 0 Å². The van der Waals surface area contributed by atoms with Gasteiger partial charge in [-0.25, -0.2) is 0 Å². The number of hydrogen-bond acceptors (Lipinski definition) is 3. The molecule has 1 unspecified atom stereocenters. The number of carboxylic acid groups (broad SMARTS) is 1. The van der Waals surface area contributed by atoms with Crippen LogP contribution in [0.4, 0.5) is 0 Å². The quantitative estimate of drug-likeness (QED) is 0.755. The molecular weight excluding hydrogens is 210 g/mol. The molecule has 5 heteroatoms. The number of aliphatic carboxylic acids is 1. The summed E-state index contributed by atoms with van der Waals surface area (Å²) in [5.41, 5.74) is 0. The Hall–Kier alpha value is -1.10. The first kappa shape index (κ1) is 11.4. The monoisotopic (exact) mass is 227 g/mol. The van der Waals surface area contributed by atoms with Crippen molar-refractivity contribution in [3.05, 3.63) is 0 Å². The van der Waals surface area contributed by atoms with E-state index in [1.165, 1.54) is 0 Å². The summed E-state index contributed by atoms with van der Waals surface area (Å²) in [7, 11) is 0. The summed E-state index contributed by atoms with van der Waals surface area (Å²) in [6.07, 6.45) is 1.50. The molecule has 1 aliphatic carbocycles. The second-order valence-electron chi connectivity index (χ2n) is 4.47. The summed E-state index contributed by atoms with van der Waals surface area (Å²) < 4.78 is 5.47. The van der Waals surface area contributed by atoms with E-state index < -0.39 is 11.9 Å². The van der Waals surface area contributed by atoms with E-state index in [0.717, 1.165) is 6.42 Å². The van der Waals surface area contributed by atoms with Crippen molar-refractivity contribution in [2.45, 2.75) is 25.9 Å². The number of hydrogen-bond donors (Lipinski definition) is 1. The second kappa shape index (κ2) is 4.41. The highest BCUT2D eigenvalue weighted by molar-refractivity contribution is 5.89. The Morgan fingerprint density at radius 2 is 2.19 bits per heavy atom. The first-order valence-corrected chi connectivity index (χ1v) is 5.76. The van der Waals surface area contributed by atoms with Gasteiger partial charge in [0.05, 0.1) is 24.5 Å². The first-order valence-electron chi connectivity index (χ1n) is 5.76. The molecule has 1 N–H and O–H groups in total. The molecule has 5 nitrogen and oxygen atoms in total. The lowest BCUT2D eigenvalue weighted by molar-refractivity contribution is -0.145. The van der Waals surface area contributed by atoms with Crippen molar-refractivity contribution < 1.29 is 19.4 Å². The standard InChI is InChI=1S/C11H17NO4/c1-2-7-6-12(3-4-16-7)10(13)8-5-9(8)11(14)15/h7-9H,2-6H2,1H3,(H,14,15)/t7?,8-,9+/m1/s1. The zero-order chi connectivity index (χ0) is 11.7. The Kier molecular flexibility index (Phi) is 3.14. The lowest BCUT2D eigenvalue weighted by Crippen LogP contribution is -2.46. The summed E-state index contributed by atoms with van der Waals surface area (Å²) in [4.78, 5) is 24.4. The Bertz CT molecular complexity index is 304. The van der Waals surface area contributed by atoms with E-state index in [1.54, 1.807) is 4.90 Å². The van der Waals surface area contributed by atoms with Gasteiger partial charge in [0.25, 0.3) is 0 Å². The van der Waals surface area contributed by atoms with Crippen LogP contribution in [0, 0.1) is 11.8 Å². The number of carbonyl (C=O) groups excluding carboxylic acids is 1. The van der Waals surface area contributed by atoms with Gasteiger partial charge >= 0.3 is 5.97 Å². The number of ether oxygens (including phenoxy) is 1. The SMILES string of the molecule is CCC1CN(C(=O)[C@@H]2C[C@@H]2C(=O)O)CCO1. The van der Waals surface area contributed by atoms with Crippen LogP contribution in [0.5, 0.6) is 0 Å². The van der Waals surface area contributed by atoms with Crippen molar-refractivity contribution in [1.82, 2.24) is 4.90 Å². The second-order valence-corrected chi connectivity index (χ2v) is 4.47.